The zero-order chi connectivity index (χ0) is 35.5. The maximum Gasteiger partial charge on any atom is 0.404 e. The first-order valence-corrected chi connectivity index (χ1v) is 16.8. The van der Waals surface area contributed by atoms with Crippen LogP contribution in [0, 0.1) is 12.3 Å². The van der Waals surface area contributed by atoms with Crippen LogP contribution >= 0.6 is 11.3 Å². The van der Waals surface area contributed by atoms with E-state index in [2.05, 4.69) is 20.9 Å². The highest BCUT2D eigenvalue weighted by molar-refractivity contribution is 7.13. The second kappa shape index (κ2) is 14.7. The van der Waals surface area contributed by atoms with Gasteiger partial charge in [0.1, 0.15) is 30.0 Å². The maximum atomic E-state index is 14.1. The van der Waals surface area contributed by atoms with Gasteiger partial charge in [-0.15, -0.1) is 11.3 Å². The third-order valence-electron chi connectivity index (χ3n) is 8.39. The lowest BCUT2D eigenvalue weighted by molar-refractivity contribution is -0.142. The number of amides is 4. The summed E-state index contributed by atoms with van der Waals surface area (Å²) >= 11 is 1.56. The average Bonchev–Trinajstić information content (AvgIpc) is 3.78. The Hall–Kier alpha value is -4.95. The molecule has 0 unspecified atom stereocenters. The Labute approximate surface area is 287 Å². The molecule has 14 heteroatoms. The van der Waals surface area contributed by atoms with Gasteiger partial charge in [-0.2, -0.15) is 0 Å². The molecule has 1 aliphatic heterocycles. The molecule has 49 heavy (non-hydrogen) atoms. The van der Waals surface area contributed by atoms with Crippen LogP contribution in [-0.2, 0) is 9.59 Å². The van der Waals surface area contributed by atoms with Crippen LogP contribution in [0.1, 0.15) is 62.0 Å². The molecule has 4 aromatic rings. The quantitative estimate of drug-likeness (QED) is 0.141. The number of carbonyl (C=O) groups excluding carboxylic acids is 3. The summed E-state index contributed by atoms with van der Waals surface area (Å²) in [5.41, 5.74) is 4.34. The summed E-state index contributed by atoms with van der Waals surface area (Å²) in [4.78, 5) is 58.5. The predicted molar refractivity (Wildman–Crippen MR) is 183 cm³/mol. The molecule has 1 fully saturated rings. The van der Waals surface area contributed by atoms with E-state index in [1.54, 1.807) is 55.8 Å². The number of thiazole rings is 1. The topological polar surface area (TPSA) is 183 Å². The van der Waals surface area contributed by atoms with E-state index >= 15 is 0 Å². The number of ether oxygens (including phenoxy) is 1. The minimum absolute atomic E-state index is 0.0251. The first-order valence-electron chi connectivity index (χ1n) is 15.9. The van der Waals surface area contributed by atoms with Gasteiger partial charge in [0.05, 0.1) is 34.8 Å². The van der Waals surface area contributed by atoms with Crippen molar-refractivity contribution >= 4 is 46.1 Å². The summed E-state index contributed by atoms with van der Waals surface area (Å²) in [5.74, 6) is -1.07. The molecule has 3 heterocycles. The molecule has 1 saturated heterocycles. The van der Waals surface area contributed by atoms with Crippen molar-refractivity contribution in [1.29, 1.82) is 0 Å². The molecule has 5 rings (SSSR count). The molecule has 2 aromatic carbocycles. The lowest BCUT2D eigenvalue weighted by atomic mass is 9.85. The molecule has 2 aromatic heterocycles. The van der Waals surface area contributed by atoms with Crippen molar-refractivity contribution in [3.05, 3.63) is 71.1 Å². The van der Waals surface area contributed by atoms with Gasteiger partial charge in [0.2, 0.25) is 11.8 Å². The summed E-state index contributed by atoms with van der Waals surface area (Å²) in [5, 5.41) is 27.9. The third-order valence-corrected chi connectivity index (χ3v) is 9.37. The molecule has 0 aliphatic carbocycles. The van der Waals surface area contributed by atoms with E-state index in [1.165, 1.54) is 11.0 Å². The summed E-state index contributed by atoms with van der Waals surface area (Å²) in [6.45, 7) is 9.40. The Morgan fingerprint density at radius 1 is 1.10 bits per heavy atom. The van der Waals surface area contributed by atoms with Gasteiger partial charge in [-0.3, -0.25) is 14.4 Å². The van der Waals surface area contributed by atoms with Crippen LogP contribution in [0.5, 0.6) is 5.75 Å². The monoisotopic (exact) mass is 691 g/mol. The fourth-order valence-electron chi connectivity index (χ4n) is 5.77. The smallest absolute Gasteiger partial charge is 0.404 e. The van der Waals surface area contributed by atoms with Crippen molar-refractivity contribution in [2.75, 3.05) is 19.7 Å². The van der Waals surface area contributed by atoms with Crippen molar-refractivity contribution in [3.8, 4) is 16.2 Å². The number of rotatable bonds is 11. The van der Waals surface area contributed by atoms with Crippen LogP contribution in [0.3, 0.4) is 0 Å². The van der Waals surface area contributed by atoms with Gasteiger partial charge in [0, 0.05) is 18.4 Å². The molecule has 0 bridgehead atoms. The number of likely N-dealkylation sites (tertiary alicyclic amines) is 1. The van der Waals surface area contributed by atoms with E-state index in [9.17, 15) is 24.3 Å². The number of nitrogens with one attached hydrogen (secondary N) is 3. The van der Waals surface area contributed by atoms with Crippen LogP contribution < -0.4 is 20.7 Å². The normalized spacial score (nSPS) is 17.4. The van der Waals surface area contributed by atoms with Crippen molar-refractivity contribution in [2.45, 2.75) is 65.3 Å². The largest absolute Gasteiger partial charge is 0.492 e. The van der Waals surface area contributed by atoms with E-state index < -0.39 is 47.4 Å². The van der Waals surface area contributed by atoms with E-state index in [-0.39, 0.29) is 37.9 Å². The van der Waals surface area contributed by atoms with Crippen LogP contribution in [0.4, 0.5) is 4.79 Å². The molecular formula is C35H41N5O8S. The number of aliphatic hydroxyl groups excluding tert-OH is 1. The fraction of sp³-hybridized carbons (Fsp3) is 0.400. The SMILES string of the molecule is Cc1ncsc1-c1ccc([C@H](C)NC(=O)[C@@H]2C[C@@H](O)CN2C(=O)[C@@H](NC(=O)c2cc3cc(OCCNC(=O)O)ccc3o2)C(C)(C)C)cc1. The molecule has 1 aliphatic rings. The van der Waals surface area contributed by atoms with Crippen LogP contribution in [0.2, 0.25) is 0 Å². The van der Waals surface area contributed by atoms with Gasteiger partial charge in [-0.25, -0.2) is 9.78 Å². The van der Waals surface area contributed by atoms with E-state index in [1.807, 2.05) is 38.1 Å². The van der Waals surface area contributed by atoms with E-state index in [0.717, 1.165) is 21.7 Å². The second-order valence-electron chi connectivity index (χ2n) is 13.2. The summed E-state index contributed by atoms with van der Waals surface area (Å²) in [6, 6.07) is 12.0. The van der Waals surface area contributed by atoms with Gasteiger partial charge in [-0.05, 0) is 54.7 Å². The molecule has 0 radical (unpaired) electrons. The minimum atomic E-state index is -1.15. The number of aryl methyl sites for hydroxylation is 1. The van der Waals surface area contributed by atoms with Crippen LogP contribution in [0.15, 0.2) is 58.5 Å². The Balaban J connectivity index is 1.26. The number of furan rings is 1. The highest BCUT2D eigenvalue weighted by atomic mass is 32.1. The van der Waals surface area contributed by atoms with Gasteiger partial charge >= 0.3 is 6.09 Å². The van der Waals surface area contributed by atoms with Crippen molar-refractivity contribution in [1.82, 2.24) is 25.8 Å². The van der Waals surface area contributed by atoms with Crippen molar-refractivity contribution in [3.63, 3.8) is 0 Å². The van der Waals surface area contributed by atoms with Crippen LogP contribution in [-0.4, -0.2) is 81.8 Å². The third kappa shape index (κ3) is 8.38. The number of hydrogen-bond acceptors (Lipinski definition) is 9. The molecule has 5 N–H and O–H groups in total. The number of aromatic nitrogens is 1. The molecule has 13 nitrogen and oxygen atoms in total. The highest BCUT2D eigenvalue weighted by Crippen LogP contribution is 2.30. The number of carbonyl (C=O) groups is 4. The van der Waals surface area contributed by atoms with Gasteiger partial charge in [0.15, 0.2) is 5.76 Å². The summed E-state index contributed by atoms with van der Waals surface area (Å²) in [6.07, 6.45) is -1.98. The number of carboxylic acid groups (broad SMARTS) is 1. The average molecular weight is 692 g/mol. The van der Waals surface area contributed by atoms with E-state index in [4.69, 9.17) is 14.3 Å². The Kier molecular flexibility index (Phi) is 10.6. The molecule has 260 valence electrons. The Morgan fingerprint density at radius 3 is 2.49 bits per heavy atom. The number of aliphatic hydroxyl groups is 1. The second-order valence-corrected chi connectivity index (χ2v) is 14.0. The lowest BCUT2D eigenvalue weighted by Crippen LogP contribution is -2.57. The molecule has 0 spiro atoms. The number of benzene rings is 2. The lowest BCUT2D eigenvalue weighted by Gasteiger charge is -2.35. The van der Waals surface area contributed by atoms with Gasteiger partial charge < -0.3 is 40.2 Å². The molecular weight excluding hydrogens is 650 g/mol. The predicted octanol–water partition coefficient (Wildman–Crippen LogP) is 4.49. The zero-order valence-corrected chi connectivity index (χ0v) is 28.8. The highest BCUT2D eigenvalue weighted by Gasteiger charge is 2.45. The maximum absolute atomic E-state index is 14.1. The Bertz CT molecular complexity index is 1830. The number of β-amino-alcohol motifs (C(OH)–C–C–N with tert-alkyl or cyclic N) is 1. The molecule has 4 atom stereocenters. The fourth-order valence-corrected chi connectivity index (χ4v) is 6.58. The van der Waals surface area contributed by atoms with Crippen molar-refractivity contribution in [2.24, 2.45) is 5.41 Å². The minimum Gasteiger partial charge on any atom is -0.492 e. The van der Waals surface area contributed by atoms with Gasteiger partial charge in [-0.1, -0.05) is 45.0 Å². The summed E-state index contributed by atoms with van der Waals surface area (Å²) < 4.78 is 11.3. The number of fused-ring (bicyclic) bond motifs is 1. The van der Waals surface area contributed by atoms with E-state index in [0.29, 0.717) is 16.7 Å². The van der Waals surface area contributed by atoms with Gasteiger partial charge in [0.25, 0.3) is 5.91 Å². The molecule has 0 saturated carbocycles. The van der Waals surface area contributed by atoms with Crippen molar-refractivity contribution < 1.29 is 38.5 Å². The summed E-state index contributed by atoms with van der Waals surface area (Å²) in [7, 11) is 0. The van der Waals surface area contributed by atoms with Crippen LogP contribution in [0.25, 0.3) is 21.4 Å². The standard InChI is InChI=1S/C35H41N5O8S/c1-19(21-6-8-22(9-7-21)29-20(2)37-18-49-29)38-31(42)26-16-24(41)17-40(26)33(44)30(35(3,4)5)39-32(43)28-15-23-14-25(10-11-27(23)48-28)47-13-12-36-34(45)46/h6-11,14-15,18-19,24,26,30,36,41H,12-13,16-17H2,1-5H3,(H,38,42)(H,39,43)(H,45,46)/t19-,24+,26-,30+/m0/s1. The zero-order valence-electron chi connectivity index (χ0n) is 28.0. The first kappa shape index (κ1) is 35.4. The first-order chi connectivity index (χ1) is 23.2. The number of nitrogens with zero attached hydrogens (tertiary/aromatic N) is 2. The molecule has 4 amide bonds. The number of hydrogen-bond donors (Lipinski definition) is 5. The Morgan fingerprint density at radius 2 is 1.84 bits per heavy atom.